The van der Waals surface area contributed by atoms with Gasteiger partial charge in [-0.25, -0.2) is 0 Å². The molecule has 1 amide bonds. The first-order chi connectivity index (χ1) is 14.8. The summed E-state index contributed by atoms with van der Waals surface area (Å²) in [6.45, 7) is 10.2. The van der Waals surface area contributed by atoms with Crippen LogP contribution in [0.5, 0.6) is 11.5 Å². The van der Waals surface area contributed by atoms with Crippen molar-refractivity contribution in [3.05, 3.63) is 53.1 Å². The summed E-state index contributed by atoms with van der Waals surface area (Å²) in [5.41, 5.74) is 4.25. The van der Waals surface area contributed by atoms with Crippen LogP contribution < -0.4 is 15.0 Å². The highest BCUT2D eigenvalue weighted by Gasteiger charge is 2.42. The SMILES string of the molecule is COc1cccc(N2CCN(CC(=O)NC3c4c(O)ccc(C)c4CC3(C)C)CC2)c1. The molecule has 1 heterocycles. The molecule has 4 rings (SSSR count). The van der Waals surface area contributed by atoms with Crippen molar-refractivity contribution in [3.63, 3.8) is 0 Å². The van der Waals surface area contributed by atoms with Gasteiger partial charge in [-0.15, -0.1) is 0 Å². The highest BCUT2D eigenvalue weighted by Crippen LogP contribution is 2.49. The molecule has 31 heavy (non-hydrogen) atoms. The van der Waals surface area contributed by atoms with Gasteiger partial charge in [0.1, 0.15) is 11.5 Å². The Kier molecular flexibility index (Phi) is 5.84. The number of nitrogens with zero attached hydrogens (tertiary/aromatic N) is 2. The van der Waals surface area contributed by atoms with E-state index in [1.54, 1.807) is 13.2 Å². The zero-order valence-corrected chi connectivity index (χ0v) is 18.9. The summed E-state index contributed by atoms with van der Waals surface area (Å²) in [4.78, 5) is 17.5. The van der Waals surface area contributed by atoms with Gasteiger partial charge in [-0.2, -0.15) is 0 Å². The Bertz CT molecular complexity index is 964. The first-order valence-electron chi connectivity index (χ1n) is 11.0. The quantitative estimate of drug-likeness (QED) is 0.773. The summed E-state index contributed by atoms with van der Waals surface area (Å²) < 4.78 is 5.33. The lowest BCUT2D eigenvalue weighted by Gasteiger charge is -2.36. The zero-order valence-electron chi connectivity index (χ0n) is 18.9. The number of piperazine rings is 1. The van der Waals surface area contributed by atoms with Gasteiger partial charge in [0.15, 0.2) is 0 Å². The van der Waals surface area contributed by atoms with Crippen molar-refractivity contribution < 1.29 is 14.6 Å². The minimum Gasteiger partial charge on any atom is -0.508 e. The number of anilines is 1. The molecule has 2 aromatic carbocycles. The predicted molar refractivity (Wildman–Crippen MR) is 123 cm³/mol. The molecule has 2 aromatic rings. The molecule has 1 aliphatic carbocycles. The number of hydrogen-bond acceptors (Lipinski definition) is 5. The molecule has 0 bridgehead atoms. The number of nitrogens with one attached hydrogen (secondary N) is 1. The van der Waals surface area contributed by atoms with Gasteiger partial charge in [0.05, 0.1) is 19.7 Å². The minimum atomic E-state index is -0.173. The minimum absolute atomic E-state index is 0.0154. The fraction of sp³-hybridized carbons (Fsp3) is 0.480. The Balaban J connectivity index is 1.37. The van der Waals surface area contributed by atoms with Crippen LogP contribution in [0, 0.1) is 12.3 Å². The molecular formula is C25H33N3O3. The highest BCUT2D eigenvalue weighted by atomic mass is 16.5. The summed E-state index contributed by atoms with van der Waals surface area (Å²) in [5, 5.41) is 13.7. The summed E-state index contributed by atoms with van der Waals surface area (Å²) in [5.74, 6) is 1.15. The lowest BCUT2D eigenvalue weighted by molar-refractivity contribution is -0.123. The van der Waals surface area contributed by atoms with Crippen LogP contribution in [0.15, 0.2) is 36.4 Å². The normalized spacial score (nSPS) is 20.4. The van der Waals surface area contributed by atoms with E-state index in [9.17, 15) is 9.90 Å². The maximum atomic E-state index is 12.9. The number of ether oxygens (including phenoxy) is 1. The summed E-state index contributed by atoms with van der Waals surface area (Å²) in [7, 11) is 1.68. The van der Waals surface area contributed by atoms with Crippen LogP contribution in [-0.2, 0) is 11.2 Å². The molecule has 1 aliphatic heterocycles. The van der Waals surface area contributed by atoms with Crippen molar-refractivity contribution in [3.8, 4) is 11.5 Å². The van der Waals surface area contributed by atoms with E-state index in [1.165, 1.54) is 11.1 Å². The van der Waals surface area contributed by atoms with Crippen LogP contribution in [0.4, 0.5) is 5.69 Å². The molecule has 2 N–H and O–H groups in total. The number of rotatable bonds is 5. The van der Waals surface area contributed by atoms with Gasteiger partial charge in [0, 0.05) is 43.5 Å². The molecular weight excluding hydrogens is 390 g/mol. The number of amides is 1. The van der Waals surface area contributed by atoms with Crippen molar-refractivity contribution in [2.75, 3.05) is 44.7 Å². The van der Waals surface area contributed by atoms with Crippen molar-refractivity contribution >= 4 is 11.6 Å². The monoisotopic (exact) mass is 423 g/mol. The van der Waals surface area contributed by atoms with Crippen molar-refractivity contribution in [2.24, 2.45) is 5.41 Å². The van der Waals surface area contributed by atoms with Gasteiger partial charge in [-0.1, -0.05) is 26.0 Å². The molecule has 6 nitrogen and oxygen atoms in total. The number of aromatic hydroxyl groups is 1. The molecule has 1 unspecified atom stereocenters. The van der Waals surface area contributed by atoms with Gasteiger partial charge in [-0.3, -0.25) is 9.69 Å². The number of carbonyl (C=O) groups excluding carboxylic acids is 1. The highest BCUT2D eigenvalue weighted by molar-refractivity contribution is 5.79. The third-order valence-corrected chi connectivity index (χ3v) is 6.73. The molecule has 6 heteroatoms. The number of aryl methyl sites for hydroxylation is 1. The van der Waals surface area contributed by atoms with E-state index in [-0.39, 0.29) is 23.1 Å². The zero-order chi connectivity index (χ0) is 22.2. The number of methoxy groups -OCH3 is 1. The average Bonchev–Trinajstić information content (AvgIpc) is 3.03. The van der Waals surface area contributed by atoms with E-state index in [0.29, 0.717) is 6.54 Å². The largest absolute Gasteiger partial charge is 0.508 e. The van der Waals surface area contributed by atoms with Gasteiger partial charge in [0.2, 0.25) is 5.91 Å². The fourth-order valence-corrected chi connectivity index (χ4v) is 4.92. The van der Waals surface area contributed by atoms with Gasteiger partial charge < -0.3 is 20.1 Å². The van der Waals surface area contributed by atoms with Crippen molar-refractivity contribution in [1.82, 2.24) is 10.2 Å². The topological polar surface area (TPSA) is 65.0 Å². The Hall–Kier alpha value is -2.73. The number of benzene rings is 2. The summed E-state index contributed by atoms with van der Waals surface area (Å²) in [6.07, 6.45) is 0.854. The second-order valence-corrected chi connectivity index (χ2v) is 9.42. The summed E-state index contributed by atoms with van der Waals surface area (Å²) in [6, 6.07) is 11.6. The predicted octanol–water partition coefficient (Wildman–Crippen LogP) is 3.27. The first-order valence-corrected chi connectivity index (χ1v) is 11.0. The summed E-state index contributed by atoms with van der Waals surface area (Å²) >= 11 is 0. The van der Waals surface area contributed by atoms with Crippen LogP contribution in [-0.4, -0.2) is 55.7 Å². The Labute approximate surface area is 184 Å². The van der Waals surface area contributed by atoms with Gasteiger partial charge >= 0.3 is 0 Å². The second kappa shape index (κ2) is 8.42. The number of phenolic OH excluding ortho intramolecular Hbond substituents is 1. The van der Waals surface area contributed by atoms with E-state index < -0.39 is 0 Å². The van der Waals surface area contributed by atoms with E-state index in [0.717, 1.165) is 49.6 Å². The number of carbonyl (C=O) groups is 1. The van der Waals surface area contributed by atoms with E-state index >= 15 is 0 Å². The van der Waals surface area contributed by atoms with Crippen LogP contribution in [0.2, 0.25) is 0 Å². The Morgan fingerprint density at radius 2 is 1.94 bits per heavy atom. The molecule has 0 spiro atoms. The lowest BCUT2D eigenvalue weighted by Crippen LogP contribution is -2.50. The molecule has 1 fully saturated rings. The molecule has 1 atom stereocenters. The maximum absolute atomic E-state index is 12.9. The Morgan fingerprint density at radius 1 is 1.19 bits per heavy atom. The van der Waals surface area contributed by atoms with Crippen LogP contribution in [0.25, 0.3) is 0 Å². The van der Waals surface area contributed by atoms with Gasteiger partial charge in [-0.05, 0) is 48.1 Å². The molecule has 0 saturated carbocycles. The first kappa shape index (κ1) is 21.5. The molecule has 2 aliphatic rings. The van der Waals surface area contributed by atoms with Crippen molar-refractivity contribution in [2.45, 2.75) is 33.2 Å². The Morgan fingerprint density at radius 3 is 2.65 bits per heavy atom. The van der Waals surface area contributed by atoms with Crippen molar-refractivity contribution in [1.29, 1.82) is 0 Å². The van der Waals surface area contributed by atoms with E-state index in [1.807, 2.05) is 18.2 Å². The average molecular weight is 424 g/mol. The van der Waals surface area contributed by atoms with Crippen LogP contribution >= 0.6 is 0 Å². The standard InChI is InChI=1S/C25H33N3O3/c1-17-8-9-21(29)23-20(17)15-25(2,3)24(23)26-22(30)16-27-10-12-28(13-11-27)18-6-5-7-19(14-18)31-4/h5-9,14,24,29H,10-13,15-16H2,1-4H3,(H,26,30). The number of fused-ring (bicyclic) bond motifs is 1. The maximum Gasteiger partial charge on any atom is 0.234 e. The second-order valence-electron chi connectivity index (χ2n) is 9.42. The molecule has 0 radical (unpaired) electrons. The third kappa shape index (κ3) is 4.35. The number of phenols is 1. The number of hydrogen-bond donors (Lipinski definition) is 2. The lowest BCUT2D eigenvalue weighted by atomic mass is 9.85. The van der Waals surface area contributed by atoms with E-state index in [4.69, 9.17) is 4.74 Å². The van der Waals surface area contributed by atoms with Crippen LogP contribution in [0.3, 0.4) is 0 Å². The smallest absolute Gasteiger partial charge is 0.234 e. The third-order valence-electron chi connectivity index (χ3n) is 6.73. The van der Waals surface area contributed by atoms with E-state index in [2.05, 4.69) is 48.0 Å². The molecule has 0 aromatic heterocycles. The van der Waals surface area contributed by atoms with Gasteiger partial charge in [0.25, 0.3) is 0 Å². The molecule has 1 saturated heterocycles. The fourth-order valence-electron chi connectivity index (χ4n) is 4.92. The van der Waals surface area contributed by atoms with Crippen LogP contribution in [0.1, 0.15) is 36.6 Å². The molecule has 166 valence electrons.